The molecule has 0 heterocycles. The van der Waals surface area contributed by atoms with Gasteiger partial charge in [0.05, 0.1) is 0 Å². The third-order valence-corrected chi connectivity index (χ3v) is 4.23. The topological polar surface area (TPSA) is 17.1 Å². The summed E-state index contributed by atoms with van der Waals surface area (Å²) in [6.45, 7) is 6.65. The highest BCUT2D eigenvalue weighted by atomic mass is 16.1. The predicted molar refractivity (Wildman–Crippen MR) is 85.5 cm³/mol. The smallest absolute Gasteiger partial charge is 0.133 e. The maximum absolute atomic E-state index is 11.8. The lowest BCUT2D eigenvalue weighted by molar-refractivity contribution is -0.120. The number of unbranched alkanes of at least 4 members (excludes halogenated alkanes) is 8. The SMILES string of the molecule is CCCCCCCCCCCC(=O)CC(CC)CC. The van der Waals surface area contributed by atoms with Crippen molar-refractivity contribution < 1.29 is 4.79 Å². The highest BCUT2D eigenvalue weighted by Crippen LogP contribution is 2.16. The zero-order valence-corrected chi connectivity index (χ0v) is 13.7. The quantitative estimate of drug-likeness (QED) is 0.338. The summed E-state index contributed by atoms with van der Waals surface area (Å²) >= 11 is 0. The molecule has 114 valence electrons. The van der Waals surface area contributed by atoms with E-state index in [1.54, 1.807) is 0 Å². The van der Waals surface area contributed by atoms with E-state index in [9.17, 15) is 4.79 Å². The molecule has 0 aromatic heterocycles. The van der Waals surface area contributed by atoms with Gasteiger partial charge in [-0.25, -0.2) is 0 Å². The van der Waals surface area contributed by atoms with E-state index in [0.717, 1.165) is 32.1 Å². The van der Waals surface area contributed by atoms with Crippen molar-refractivity contribution in [1.29, 1.82) is 0 Å². The largest absolute Gasteiger partial charge is 0.300 e. The van der Waals surface area contributed by atoms with Gasteiger partial charge >= 0.3 is 0 Å². The fourth-order valence-electron chi connectivity index (χ4n) is 2.63. The molecule has 0 unspecified atom stereocenters. The highest BCUT2D eigenvalue weighted by molar-refractivity contribution is 5.78. The number of carbonyl (C=O) groups is 1. The van der Waals surface area contributed by atoms with Crippen molar-refractivity contribution in [2.24, 2.45) is 5.92 Å². The Bertz CT molecular complexity index is 194. The van der Waals surface area contributed by atoms with E-state index in [0.29, 0.717) is 11.7 Å². The van der Waals surface area contributed by atoms with Gasteiger partial charge in [0.1, 0.15) is 5.78 Å². The number of hydrogen-bond donors (Lipinski definition) is 0. The van der Waals surface area contributed by atoms with E-state index in [-0.39, 0.29) is 0 Å². The second kappa shape index (κ2) is 14.1. The molecule has 0 fully saturated rings. The minimum atomic E-state index is 0.497. The lowest BCUT2D eigenvalue weighted by Gasteiger charge is -2.10. The number of ketones is 1. The molecule has 19 heavy (non-hydrogen) atoms. The van der Waals surface area contributed by atoms with Crippen molar-refractivity contribution in [3.63, 3.8) is 0 Å². The first-order valence-corrected chi connectivity index (χ1v) is 8.76. The van der Waals surface area contributed by atoms with Crippen LogP contribution in [0.25, 0.3) is 0 Å². The van der Waals surface area contributed by atoms with E-state index in [4.69, 9.17) is 0 Å². The molecule has 1 nitrogen and oxygen atoms in total. The van der Waals surface area contributed by atoms with Crippen LogP contribution in [-0.2, 0) is 4.79 Å². The molecule has 0 aromatic rings. The molecule has 0 atom stereocenters. The summed E-state index contributed by atoms with van der Waals surface area (Å²) < 4.78 is 0. The number of hydrogen-bond acceptors (Lipinski definition) is 1. The van der Waals surface area contributed by atoms with Crippen LogP contribution in [0.4, 0.5) is 0 Å². The lowest BCUT2D eigenvalue weighted by Crippen LogP contribution is -2.06. The van der Waals surface area contributed by atoms with Crippen molar-refractivity contribution in [1.82, 2.24) is 0 Å². The maximum atomic E-state index is 11.8. The number of rotatable bonds is 14. The maximum Gasteiger partial charge on any atom is 0.133 e. The van der Waals surface area contributed by atoms with Crippen molar-refractivity contribution in [2.45, 2.75) is 104 Å². The molecule has 0 saturated carbocycles. The van der Waals surface area contributed by atoms with Crippen LogP contribution < -0.4 is 0 Å². The van der Waals surface area contributed by atoms with Crippen LogP contribution in [0.1, 0.15) is 104 Å². The highest BCUT2D eigenvalue weighted by Gasteiger charge is 2.09. The van der Waals surface area contributed by atoms with Crippen molar-refractivity contribution in [2.75, 3.05) is 0 Å². The van der Waals surface area contributed by atoms with Gasteiger partial charge in [0.25, 0.3) is 0 Å². The summed E-state index contributed by atoms with van der Waals surface area (Å²) in [7, 11) is 0. The summed E-state index contributed by atoms with van der Waals surface area (Å²) in [4.78, 5) is 11.8. The van der Waals surface area contributed by atoms with E-state index in [1.165, 1.54) is 51.4 Å². The summed E-state index contributed by atoms with van der Waals surface area (Å²) in [5.74, 6) is 1.13. The van der Waals surface area contributed by atoms with Gasteiger partial charge in [0.15, 0.2) is 0 Å². The molecule has 0 N–H and O–H groups in total. The predicted octanol–water partition coefficient (Wildman–Crippen LogP) is 6.30. The Labute approximate surface area is 121 Å². The van der Waals surface area contributed by atoms with Crippen LogP contribution in [0.5, 0.6) is 0 Å². The van der Waals surface area contributed by atoms with Crippen LogP contribution >= 0.6 is 0 Å². The molecule has 0 rings (SSSR count). The minimum absolute atomic E-state index is 0.497. The molecule has 0 radical (unpaired) electrons. The van der Waals surface area contributed by atoms with Gasteiger partial charge in [0.2, 0.25) is 0 Å². The lowest BCUT2D eigenvalue weighted by atomic mass is 9.94. The molecule has 0 aliphatic heterocycles. The van der Waals surface area contributed by atoms with E-state index in [1.807, 2.05) is 0 Å². The van der Waals surface area contributed by atoms with Crippen molar-refractivity contribution in [3.05, 3.63) is 0 Å². The molecule has 0 bridgehead atoms. The molecule has 0 spiro atoms. The Morgan fingerprint density at radius 2 is 1.21 bits per heavy atom. The Balaban J connectivity index is 3.27. The Hall–Kier alpha value is -0.330. The zero-order chi connectivity index (χ0) is 14.3. The van der Waals surface area contributed by atoms with E-state index >= 15 is 0 Å². The van der Waals surface area contributed by atoms with Gasteiger partial charge in [0, 0.05) is 12.8 Å². The van der Waals surface area contributed by atoms with E-state index < -0.39 is 0 Å². The monoisotopic (exact) mass is 268 g/mol. The molecular weight excluding hydrogens is 232 g/mol. The minimum Gasteiger partial charge on any atom is -0.300 e. The van der Waals surface area contributed by atoms with Crippen LogP contribution in [0.15, 0.2) is 0 Å². The Kier molecular flexibility index (Phi) is 13.8. The van der Waals surface area contributed by atoms with Gasteiger partial charge in [-0.15, -0.1) is 0 Å². The molecule has 0 aromatic carbocycles. The van der Waals surface area contributed by atoms with Crippen LogP contribution in [0.3, 0.4) is 0 Å². The molecule has 1 heteroatoms. The molecule has 0 saturated heterocycles. The summed E-state index contributed by atoms with van der Waals surface area (Å²) in [5.41, 5.74) is 0. The van der Waals surface area contributed by atoms with Gasteiger partial charge in [-0.1, -0.05) is 85.0 Å². The summed E-state index contributed by atoms with van der Waals surface area (Å²) in [5, 5.41) is 0. The zero-order valence-electron chi connectivity index (χ0n) is 13.7. The standard InChI is InChI=1S/C18H36O/c1-4-7-8-9-10-11-12-13-14-15-18(19)16-17(5-2)6-3/h17H,4-16H2,1-3H3. The number of Topliss-reactive ketones (excluding diaryl/α,β-unsaturated/α-hetero) is 1. The fraction of sp³-hybridized carbons (Fsp3) is 0.944. The molecule has 0 amide bonds. The van der Waals surface area contributed by atoms with Gasteiger partial charge < -0.3 is 0 Å². The molecule has 0 aliphatic carbocycles. The normalized spacial score (nSPS) is 11.2. The van der Waals surface area contributed by atoms with Crippen LogP contribution in [-0.4, -0.2) is 5.78 Å². The molecule has 0 aliphatic rings. The number of carbonyl (C=O) groups excluding carboxylic acids is 1. The van der Waals surface area contributed by atoms with Crippen molar-refractivity contribution >= 4 is 5.78 Å². The Morgan fingerprint density at radius 1 is 0.737 bits per heavy atom. The van der Waals surface area contributed by atoms with Gasteiger partial charge in [-0.2, -0.15) is 0 Å². The average molecular weight is 268 g/mol. The summed E-state index contributed by atoms with van der Waals surface area (Å²) in [6, 6.07) is 0. The first-order chi connectivity index (χ1) is 9.24. The van der Waals surface area contributed by atoms with E-state index in [2.05, 4.69) is 20.8 Å². The van der Waals surface area contributed by atoms with Gasteiger partial charge in [-0.05, 0) is 12.3 Å². The van der Waals surface area contributed by atoms with Crippen LogP contribution in [0.2, 0.25) is 0 Å². The molecular formula is C18H36O. The Morgan fingerprint density at radius 3 is 1.68 bits per heavy atom. The second-order valence-electron chi connectivity index (χ2n) is 6.00. The average Bonchev–Trinajstić information content (AvgIpc) is 2.43. The van der Waals surface area contributed by atoms with Crippen molar-refractivity contribution in [3.8, 4) is 0 Å². The first kappa shape index (κ1) is 18.7. The summed E-state index contributed by atoms with van der Waals surface area (Å²) in [6.07, 6.45) is 15.9. The van der Waals surface area contributed by atoms with Gasteiger partial charge in [-0.3, -0.25) is 4.79 Å². The third-order valence-electron chi connectivity index (χ3n) is 4.23. The fourth-order valence-corrected chi connectivity index (χ4v) is 2.63. The first-order valence-electron chi connectivity index (χ1n) is 8.76. The van der Waals surface area contributed by atoms with Crippen LogP contribution in [0, 0.1) is 5.92 Å². The second-order valence-corrected chi connectivity index (χ2v) is 6.00. The third kappa shape index (κ3) is 12.4.